The zero-order valence-electron chi connectivity index (χ0n) is 6.18. The molecule has 0 saturated heterocycles. The van der Waals surface area contributed by atoms with Crippen molar-refractivity contribution in [3.05, 3.63) is 41.9 Å². The average molecular weight is 219 g/mol. The van der Waals surface area contributed by atoms with Gasteiger partial charge in [-0.3, -0.25) is 0 Å². The van der Waals surface area contributed by atoms with Crippen LogP contribution in [0.25, 0.3) is 5.03 Å². The van der Waals surface area contributed by atoms with Crippen molar-refractivity contribution in [2.24, 2.45) is 0 Å². The Hall–Kier alpha value is -0.105. The second kappa shape index (κ2) is 4.81. The van der Waals surface area contributed by atoms with Gasteiger partial charge >= 0.3 is 5.54 Å². The van der Waals surface area contributed by atoms with E-state index in [1.54, 1.807) is 5.98 Å². The Bertz CT molecular complexity index is 269. The summed E-state index contributed by atoms with van der Waals surface area (Å²) in [6.45, 7) is 0. The molecule has 0 nitrogen and oxygen atoms in total. The molecule has 0 atom stereocenters. The third-order valence-corrected chi connectivity index (χ3v) is 1.92. The molecule has 4 heteroatoms. The van der Waals surface area contributed by atoms with E-state index in [-0.39, 0.29) is 0 Å². The van der Waals surface area contributed by atoms with Gasteiger partial charge in [0.25, 0.3) is 0 Å². The third-order valence-electron chi connectivity index (χ3n) is 1.32. The normalized spacial score (nSPS) is 11.4. The molecule has 0 fully saturated rings. The summed E-state index contributed by atoms with van der Waals surface area (Å²) in [6.07, 6.45) is 0. The maximum atomic E-state index is 5.89. The van der Waals surface area contributed by atoms with Crippen molar-refractivity contribution in [3.63, 3.8) is 0 Å². The Morgan fingerprint density at radius 2 is 1.75 bits per heavy atom. The van der Waals surface area contributed by atoms with Crippen LogP contribution in [0.1, 0.15) is 5.56 Å². The number of rotatable bonds is 2. The smallest absolute Gasteiger partial charge is 0.165 e. The molecular formula is C8H6BCl3. The maximum absolute atomic E-state index is 5.89. The fourth-order valence-electron chi connectivity index (χ4n) is 0.804. The molecule has 0 radical (unpaired) electrons. The predicted molar refractivity (Wildman–Crippen MR) is 57.7 cm³/mol. The minimum atomic E-state index is -0.558. The highest BCUT2D eigenvalue weighted by molar-refractivity contribution is 7.36. The Balaban J connectivity index is 2.85. The van der Waals surface area contributed by atoms with Gasteiger partial charge < -0.3 is 0 Å². The summed E-state index contributed by atoms with van der Waals surface area (Å²) < 4.78 is 0. The number of halogens is 3. The molecule has 0 heterocycles. The van der Waals surface area contributed by atoms with Crippen LogP contribution in [0.2, 0.25) is 0 Å². The second-order valence-corrected chi connectivity index (χ2v) is 3.79. The van der Waals surface area contributed by atoms with Crippen molar-refractivity contribution in [1.82, 2.24) is 0 Å². The molecule has 62 valence electrons. The van der Waals surface area contributed by atoms with E-state index in [0.29, 0.717) is 5.03 Å². The lowest BCUT2D eigenvalue weighted by Gasteiger charge is -1.97. The van der Waals surface area contributed by atoms with Gasteiger partial charge in [0, 0.05) is 5.03 Å². The van der Waals surface area contributed by atoms with Gasteiger partial charge in [0.2, 0.25) is 0 Å². The molecule has 0 amide bonds. The van der Waals surface area contributed by atoms with Gasteiger partial charge in [-0.25, -0.2) is 0 Å². The molecule has 0 spiro atoms. The first-order chi connectivity index (χ1) is 5.70. The van der Waals surface area contributed by atoms with Gasteiger partial charge in [-0.05, 0) is 5.56 Å². The van der Waals surface area contributed by atoms with E-state index < -0.39 is 5.54 Å². The summed E-state index contributed by atoms with van der Waals surface area (Å²) in [5, 5.41) is 0.575. The van der Waals surface area contributed by atoms with Crippen molar-refractivity contribution in [2.75, 3.05) is 0 Å². The van der Waals surface area contributed by atoms with Gasteiger partial charge in [0.05, 0.1) is 0 Å². The van der Waals surface area contributed by atoms with Crippen LogP contribution in [0, 0.1) is 0 Å². The lowest BCUT2D eigenvalue weighted by molar-refractivity contribution is 1.65. The van der Waals surface area contributed by atoms with Crippen LogP contribution in [0.15, 0.2) is 36.3 Å². The van der Waals surface area contributed by atoms with Crippen molar-refractivity contribution in [2.45, 2.75) is 0 Å². The van der Waals surface area contributed by atoms with Gasteiger partial charge in [-0.1, -0.05) is 47.9 Å². The number of benzene rings is 1. The zero-order chi connectivity index (χ0) is 8.97. The van der Waals surface area contributed by atoms with Crippen LogP contribution in [-0.4, -0.2) is 5.54 Å². The Labute approximate surface area is 87.0 Å². The van der Waals surface area contributed by atoms with E-state index in [0.717, 1.165) is 5.56 Å². The topological polar surface area (TPSA) is 0 Å². The minimum Gasteiger partial charge on any atom is -0.165 e. The zero-order valence-corrected chi connectivity index (χ0v) is 8.44. The molecular weight excluding hydrogens is 213 g/mol. The van der Waals surface area contributed by atoms with Crippen LogP contribution >= 0.6 is 34.5 Å². The first-order valence-electron chi connectivity index (χ1n) is 3.41. The van der Waals surface area contributed by atoms with E-state index >= 15 is 0 Å². The third kappa shape index (κ3) is 3.10. The average Bonchev–Trinajstić information content (AvgIpc) is 2.05. The first kappa shape index (κ1) is 9.98. The molecule has 0 saturated carbocycles. The van der Waals surface area contributed by atoms with Gasteiger partial charge in [-0.15, -0.1) is 0 Å². The molecule has 1 aromatic carbocycles. The predicted octanol–water partition coefficient (Wildman–Crippen LogP) is 3.77. The molecule has 1 aromatic rings. The lowest BCUT2D eigenvalue weighted by atomic mass is 10.0. The highest BCUT2D eigenvalue weighted by atomic mass is 35.5. The summed E-state index contributed by atoms with van der Waals surface area (Å²) in [7, 11) is 0. The van der Waals surface area contributed by atoms with Crippen LogP contribution < -0.4 is 0 Å². The van der Waals surface area contributed by atoms with Crippen molar-refractivity contribution in [3.8, 4) is 0 Å². The lowest BCUT2D eigenvalue weighted by Crippen LogP contribution is -1.86. The summed E-state index contributed by atoms with van der Waals surface area (Å²) in [6, 6.07) is 9.53. The quantitative estimate of drug-likeness (QED) is 0.664. The number of hydrogen-bond acceptors (Lipinski definition) is 0. The van der Waals surface area contributed by atoms with Crippen molar-refractivity contribution in [1.29, 1.82) is 0 Å². The molecule has 0 unspecified atom stereocenters. The molecule has 0 aromatic heterocycles. The summed E-state index contributed by atoms with van der Waals surface area (Å²) >= 11 is 16.9. The van der Waals surface area contributed by atoms with E-state index in [2.05, 4.69) is 0 Å². The maximum Gasteiger partial charge on any atom is 0.377 e. The van der Waals surface area contributed by atoms with Crippen LogP contribution in [-0.2, 0) is 0 Å². The van der Waals surface area contributed by atoms with Crippen LogP contribution in [0.5, 0.6) is 0 Å². The number of hydrogen-bond donors (Lipinski definition) is 0. The van der Waals surface area contributed by atoms with E-state index in [9.17, 15) is 0 Å². The molecule has 12 heavy (non-hydrogen) atoms. The fourth-order valence-corrected chi connectivity index (χ4v) is 1.44. The Kier molecular flexibility index (Phi) is 4.00. The SMILES string of the molecule is ClB(Cl)C=C(Cl)c1ccccc1. The summed E-state index contributed by atoms with van der Waals surface area (Å²) in [4.78, 5) is 0. The molecule has 0 aliphatic carbocycles. The molecule has 0 aliphatic rings. The van der Waals surface area contributed by atoms with Crippen LogP contribution in [0.3, 0.4) is 0 Å². The fraction of sp³-hybridized carbons (Fsp3) is 0. The highest BCUT2D eigenvalue weighted by Gasteiger charge is 2.03. The summed E-state index contributed by atoms with van der Waals surface area (Å²) in [5.74, 6) is 1.58. The van der Waals surface area contributed by atoms with E-state index in [4.69, 9.17) is 34.5 Å². The van der Waals surface area contributed by atoms with E-state index in [1.807, 2.05) is 30.3 Å². The van der Waals surface area contributed by atoms with Crippen molar-refractivity contribution >= 4 is 45.1 Å². The highest BCUT2D eigenvalue weighted by Crippen LogP contribution is 2.19. The van der Waals surface area contributed by atoms with Crippen LogP contribution in [0.4, 0.5) is 0 Å². The van der Waals surface area contributed by atoms with Gasteiger partial charge in [0.15, 0.2) is 0 Å². The van der Waals surface area contributed by atoms with E-state index in [1.165, 1.54) is 0 Å². The van der Waals surface area contributed by atoms with Crippen molar-refractivity contribution < 1.29 is 0 Å². The molecule has 1 rings (SSSR count). The molecule has 0 N–H and O–H groups in total. The standard InChI is InChI=1S/C8H6BCl3/c10-8(6-9(11)12)7-4-2-1-3-5-7/h1-6H. The Morgan fingerprint density at radius 3 is 2.25 bits per heavy atom. The molecule has 0 aliphatic heterocycles. The first-order valence-corrected chi connectivity index (χ1v) is 4.66. The summed E-state index contributed by atoms with van der Waals surface area (Å²) in [5.41, 5.74) is 0.364. The van der Waals surface area contributed by atoms with Gasteiger partial charge in [0.1, 0.15) is 0 Å². The molecule has 0 bridgehead atoms. The monoisotopic (exact) mass is 218 g/mol. The largest absolute Gasteiger partial charge is 0.377 e. The minimum absolute atomic E-state index is 0.558. The second-order valence-electron chi connectivity index (χ2n) is 2.22. The Morgan fingerprint density at radius 1 is 1.17 bits per heavy atom. The van der Waals surface area contributed by atoms with Gasteiger partial charge in [-0.2, -0.15) is 22.9 Å².